The maximum atomic E-state index is 12.1. The molecule has 1 aromatic rings. The minimum absolute atomic E-state index is 0.212. The first-order valence-corrected chi connectivity index (χ1v) is 8.52. The summed E-state index contributed by atoms with van der Waals surface area (Å²) in [5, 5.41) is 4.09. The van der Waals surface area contributed by atoms with E-state index in [1.807, 2.05) is 0 Å². The predicted octanol–water partition coefficient (Wildman–Crippen LogP) is 1.65. The van der Waals surface area contributed by atoms with Gasteiger partial charge in [-0.15, -0.1) is 0 Å². The Morgan fingerprint density at radius 3 is 2.83 bits per heavy atom. The molecule has 0 aliphatic heterocycles. The Labute approximate surface area is 116 Å². The van der Waals surface area contributed by atoms with E-state index in [0.29, 0.717) is 17.3 Å². The Hall–Kier alpha value is -0.400. The number of aromatic nitrogens is 2. The van der Waals surface area contributed by atoms with E-state index in [2.05, 4.69) is 25.8 Å². The summed E-state index contributed by atoms with van der Waals surface area (Å²) in [6, 6.07) is 1.51. The summed E-state index contributed by atoms with van der Waals surface area (Å²) in [5.41, 5.74) is 0. The van der Waals surface area contributed by atoms with Crippen LogP contribution in [0.3, 0.4) is 0 Å². The Bertz CT molecular complexity index is 500. The SMILES string of the molecule is Cn1nccc1S(=O)(=O)NCC1CCCCC1Br. The molecule has 2 rings (SSSR count). The van der Waals surface area contributed by atoms with Gasteiger partial charge in [0.25, 0.3) is 10.0 Å². The molecule has 1 aliphatic rings. The first kappa shape index (κ1) is 14.0. The molecule has 0 amide bonds. The molecular weight excluding hydrogens is 318 g/mol. The van der Waals surface area contributed by atoms with Crippen molar-refractivity contribution in [3.05, 3.63) is 12.3 Å². The zero-order chi connectivity index (χ0) is 13.2. The van der Waals surface area contributed by atoms with Crippen LogP contribution in [0, 0.1) is 5.92 Å². The lowest BCUT2D eigenvalue weighted by atomic mass is 9.89. The highest BCUT2D eigenvalue weighted by Gasteiger charge is 2.25. The molecule has 0 radical (unpaired) electrons. The fraction of sp³-hybridized carbons (Fsp3) is 0.727. The molecule has 2 unspecified atom stereocenters. The van der Waals surface area contributed by atoms with E-state index in [0.717, 1.165) is 12.8 Å². The number of sulfonamides is 1. The van der Waals surface area contributed by atoms with Gasteiger partial charge < -0.3 is 0 Å². The number of alkyl halides is 1. The molecule has 0 aromatic carbocycles. The summed E-state index contributed by atoms with van der Waals surface area (Å²) in [7, 11) is -1.81. The highest BCUT2D eigenvalue weighted by Crippen LogP contribution is 2.29. The summed E-state index contributed by atoms with van der Waals surface area (Å²) >= 11 is 3.63. The lowest BCUT2D eigenvalue weighted by molar-refractivity contribution is 0.373. The average Bonchev–Trinajstić information content (AvgIpc) is 2.75. The van der Waals surface area contributed by atoms with Crippen LogP contribution in [-0.4, -0.2) is 29.6 Å². The van der Waals surface area contributed by atoms with Crippen molar-refractivity contribution in [1.29, 1.82) is 0 Å². The van der Waals surface area contributed by atoms with Crippen molar-refractivity contribution in [1.82, 2.24) is 14.5 Å². The average molecular weight is 336 g/mol. The maximum absolute atomic E-state index is 12.1. The number of hydrogen-bond donors (Lipinski definition) is 1. The van der Waals surface area contributed by atoms with Gasteiger partial charge in [-0.1, -0.05) is 28.8 Å². The number of rotatable bonds is 4. The van der Waals surface area contributed by atoms with Crippen molar-refractivity contribution < 1.29 is 8.42 Å². The van der Waals surface area contributed by atoms with Gasteiger partial charge in [0, 0.05) is 18.4 Å². The van der Waals surface area contributed by atoms with Crippen molar-refractivity contribution in [2.24, 2.45) is 13.0 Å². The second kappa shape index (κ2) is 5.71. The quantitative estimate of drug-likeness (QED) is 0.851. The number of halogens is 1. The van der Waals surface area contributed by atoms with Crippen LogP contribution in [0.2, 0.25) is 0 Å². The van der Waals surface area contributed by atoms with Crippen LogP contribution < -0.4 is 4.72 Å². The summed E-state index contributed by atoms with van der Waals surface area (Å²) in [4.78, 5) is 0.417. The summed E-state index contributed by atoms with van der Waals surface area (Å²) in [5.74, 6) is 0.377. The van der Waals surface area contributed by atoms with Crippen molar-refractivity contribution in [2.45, 2.75) is 35.5 Å². The smallest absolute Gasteiger partial charge is 0.256 e. The van der Waals surface area contributed by atoms with E-state index < -0.39 is 10.0 Å². The van der Waals surface area contributed by atoms with Crippen molar-refractivity contribution in [2.75, 3.05) is 6.54 Å². The number of hydrogen-bond acceptors (Lipinski definition) is 3. The molecule has 2 atom stereocenters. The van der Waals surface area contributed by atoms with Crippen LogP contribution >= 0.6 is 15.9 Å². The molecule has 1 saturated carbocycles. The molecule has 1 aromatic heterocycles. The van der Waals surface area contributed by atoms with Gasteiger partial charge in [0.1, 0.15) is 0 Å². The third kappa shape index (κ3) is 3.13. The molecule has 18 heavy (non-hydrogen) atoms. The Morgan fingerprint density at radius 2 is 2.22 bits per heavy atom. The molecule has 0 saturated heterocycles. The fourth-order valence-corrected chi connectivity index (χ4v) is 4.30. The Kier molecular flexibility index (Phi) is 4.45. The van der Waals surface area contributed by atoms with Gasteiger partial charge in [-0.3, -0.25) is 4.68 Å². The van der Waals surface area contributed by atoms with Gasteiger partial charge >= 0.3 is 0 Å². The number of aryl methyl sites for hydroxylation is 1. The number of nitrogens with one attached hydrogen (secondary N) is 1. The fourth-order valence-electron chi connectivity index (χ4n) is 2.31. The van der Waals surface area contributed by atoms with Crippen LogP contribution in [0.15, 0.2) is 17.3 Å². The van der Waals surface area contributed by atoms with Crippen LogP contribution in [0.1, 0.15) is 25.7 Å². The van der Waals surface area contributed by atoms with Crippen LogP contribution in [0.5, 0.6) is 0 Å². The lowest BCUT2D eigenvalue weighted by Crippen LogP contribution is -2.35. The summed E-state index contributed by atoms with van der Waals surface area (Å²) in [6.45, 7) is 0.490. The molecule has 0 bridgehead atoms. The predicted molar refractivity (Wildman–Crippen MR) is 73.1 cm³/mol. The molecule has 0 spiro atoms. The van der Waals surface area contributed by atoms with Gasteiger partial charge in [0.05, 0.1) is 6.20 Å². The second-order valence-corrected chi connectivity index (χ2v) is 7.60. The van der Waals surface area contributed by atoms with Crippen molar-refractivity contribution >= 4 is 26.0 Å². The molecule has 1 N–H and O–H groups in total. The molecule has 1 fully saturated rings. The van der Waals surface area contributed by atoms with Gasteiger partial charge in [-0.2, -0.15) is 5.10 Å². The second-order valence-electron chi connectivity index (χ2n) is 4.71. The molecule has 102 valence electrons. The van der Waals surface area contributed by atoms with Crippen LogP contribution in [0.25, 0.3) is 0 Å². The Morgan fingerprint density at radius 1 is 1.50 bits per heavy atom. The minimum Gasteiger partial charge on any atom is -0.256 e. The van der Waals surface area contributed by atoms with E-state index in [1.165, 1.54) is 29.8 Å². The molecular formula is C11H18BrN3O2S. The first-order valence-electron chi connectivity index (χ1n) is 6.12. The molecule has 7 heteroatoms. The largest absolute Gasteiger partial charge is 0.257 e. The highest BCUT2D eigenvalue weighted by molar-refractivity contribution is 9.09. The zero-order valence-corrected chi connectivity index (χ0v) is 12.7. The third-order valence-corrected chi connectivity index (χ3v) is 6.11. The van der Waals surface area contributed by atoms with E-state index in [1.54, 1.807) is 7.05 Å². The van der Waals surface area contributed by atoms with E-state index in [9.17, 15) is 8.42 Å². The zero-order valence-electron chi connectivity index (χ0n) is 10.3. The normalized spacial score (nSPS) is 25.2. The first-order chi connectivity index (χ1) is 8.50. The molecule has 1 heterocycles. The van der Waals surface area contributed by atoms with Crippen LogP contribution in [0.4, 0.5) is 0 Å². The van der Waals surface area contributed by atoms with E-state index >= 15 is 0 Å². The van der Waals surface area contributed by atoms with Crippen molar-refractivity contribution in [3.63, 3.8) is 0 Å². The monoisotopic (exact) mass is 335 g/mol. The molecule has 1 aliphatic carbocycles. The summed E-state index contributed by atoms with van der Waals surface area (Å²) < 4.78 is 28.2. The summed E-state index contributed by atoms with van der Waals surface area (Å²) in [6.07, 6.45) is 6.09. The van der Waals surface area contributed by atoms with E-state index in [-0.39, 0.29) is 5.03 Å². The minimum atomic E-state index is -3.44. The maximum Gasteiger partial charge on any atom is 0.257 e. The van der Waals surface area contributed by atoms with Gasteiger partial charge in [0.15, 0.2) is 5.03 Å². The standard InChI is InChI=1S/C11H18BrN3O2S/c1-15-11(6-7-13-15)18(16,17)14-8-9-4-2-3-5-10(9)12/h6-7,9-10,14H,2-5,8H2,1H3. The van der Waals surface area contributed by atoms with Crippen LogP contribution in [-0.2, 0) is 17.1 Å². The Balaban J connectivity index is 1.99. The molecule has 5 nitrogen and oxygen atoms in total. The number of nitrogens with zero attached hydrogens (tertiary/aromatic N) is 2. The van der Waals surface area contributed by atoms with Gasteiger partial charge in [-0.05, 0) is 24.8 Å². The van der Waals surface area contributed by atoms with Crippen molar-refractivity contribution in [3.8, 4) is 0 Å². The topological polar surface area (TPSA) is 64.0 Å². The van der Waals surface area contributed by atoms with E-state index in [4.69, 9.17) is 0 Å². The lowest BCUT2D eigenvalue weighted by Gasteiger charge is -2.27. The van der Waals surface area contributed by atoms with Gasteiger partial charge in [0.2, 0.25) is 0 Å². The van der Waals surface area contributed by atoms with Gasteiger partial charge in [-0.25, -0.2) is 13.1 Å². The third-order valence-electron chi connectivity index (χ3n) is 3.40. The highest BCUT2D eigenvalue weighted by atomic mass is 79.9.